The number of nitro groups is 1. The smallest absolute Gasteiger partial charge is 0.249 e. The Morgan fingerprint density at radius 1 is 1.15 bits per heavy atom. The van der Waals surface area contributed by atoms with Crippen LogP contribution in [-0.4, -0.2) is 53.2 Å². The highest BCUT2D eigenvalue weighted by Crippen LogP contribution is 2.58. The molecule has 144 valence electrons. The molecule has 1 aliphatic heterocycles. The number of rotatable bonds is 4. The van der Waals surface area contributed by atoms with Gasteiger partial charge in [0.15, 0.2) is 0 Å². The fourth-order valence-electron chi connectivity index (χ4n) is 4.59. The van der Waals surface area contributed by atoms with Gasteiger partial charge in [-0.2, -0.15) is 0 Å². The van der Waals surface area contributed by atoms with Gasteiger partial charge < -0.3 is 9.64 Å². The summed E-state index contributed by atoms with van der Waals surface area (Å²) >= 11 is 0. The summed E-state index contributed by atoms with van der Waals surface area (Å²) in [5.74, 6) is 1.43. The number of piperazine rings is 1. The molecule has 4 atom stereocenters. The Morgan fingerprint density at radius 3 is 2.46 bits per heavy atom. The van der Waals surface area contributed by atoms with Gasteiger partial charge in [0.2, 0.25) is 5.70 Å². The molecule has 0 bridgehead atoms. The molecule has 4 aliphatic rings. The number of fused-ring (bicyclic) bond motifs is 2. The van der Waals surface area contributed by atoms with Crippen molar-refractivity contribution < 1.29 is 9.66 Å². The van der Waals surface area contributed by atoms with Gasteiger partial charge in [-0.3, -0.25) is 15.0 Å². The Balaban J connectivity index is 1.41. The first kappa shape index (κ1) is 18.0. The first-order valence-corrected chi connectivity index (χ1v) is 9.92. The highest BCUT2D eigenvalue weighted by Gasteiger charge is 2.55. The molecule has 0 aromatic heterocycles. The van der Waals surface area contributed by atoms with Gasteiger partial charge in [-0.05, 0) is 52.4 Å². The molecule has 6 nitrogen and oxygen atoms in total. The number of ether oxygens (including phenoxy) is 1. The van der Waals surface area contributed by atoms with Gasteiger partial charge in [-0.25, -0.2) is 0 Å². The predicted octanol–water partition coefficient (Wildman–Crippen LogP) is 3.10. The van der Waals surface area contributed by atoms with Gasteiger partial charge in [-0.15, -0.1) is 0 Å². The first-order valence-electron chi connectivity index (χ1n) is 9.92. The molecule has 0 N–H and O–H groups in total. The van der Waals surface area contributed by atoms with E-state index < -0.39 is 0 Å². The van der Waals surface area contributed by atoms with Gasteiger partial charge in [0, 0.05) is 43.4 Å². The molecule has 1 saturated heterocycles. The van der Waals surface area contributed by atoms with Crippen molar-refractivity contribution >= 4 is 0 Å². The average Bonchev–Trinajstić information content (AvgIpc) is 3.45. The minimum atomic E-state index is -0.107. The van der Waals surface area contributed by atoms with Crippen LogP contribution in [0.5, 0.6) is 0 Å². The lowest BCUT2D eigenvalue weighted by Gasteiger charge is -2.38. The van der Waals surface area contributed by atoms with E-state index in [1.54, 1.807) is 0 Å². The maximum absolute atomic E-state index is 11.6. The third-order valence-electron chi connectivity index (χ3n) is 6.32. The van der Waals surface area contributed by atoms with Crippen molar-refractivity contribution in [3.05, 3.63) is 33.2 Å². The van der Waals surface area contributed by atoms with Crippen molar-refractivity contribution in [1.82, 2.24) is 9.80 Å². The van der Waals surface area contributed by atoms with E-state index in [2.05, 4.69) is 36.6 Å². The van der Waals surface area contributed by atoms with Crippen LogP contribution in [0.2, 0.25) is 0 Å². The SMILES string of the molecule is CC1=C([N+](=O)[O-])C2CC2C(N2CCN(COC(C)(C)C)CC2)=CC2CC12. The lowest BCUT2D eigenvalue weighted by molar-refractivity contribution is -0.432. The lowest BCUT2D eigenvalue weighted by atomic mass is 10.00. The summed E-state index contributed by atoms with van der Waals surface area (Å²) in [6.07, 6.45) is 4.49. The summed E-state index contributed by atoms with van der Waals surface area (Å²) < 4.78 is 5.90. The Morgan fingerprint density at radius 2 is 1.85 bits per heavy atom. The van der Waals surface area contributed by atoms with Crippen molar-refractivity contribution in [1.29, 1.82) is 0 Å². The molecule has 2 saturated carbocycles. The third kappa shape index (κ3) is 3.54. The van der Waals surface area contributed by atoms with Crippen LogP contribution in [0.3, 0.4) is 0 Å². The molecule has 3 fully saturated rings. The minimum Gasteiger partial charge on any atom is -0.372 e. The highest BCUT2D eigenvalue weighted by atomic mass is 16.6. The zero-order valence-electron chi connectivity index (χ0n) is 16.4. The van der Waals surface area contributed by atoms with Crippen molar-refractivity contribution in [3.8, 4) is 0 Å². The molecule has 4 rings (SSSR count). The Labute approximate surface area is 156 Å². The minimum absolute atomic E-state index is 0.0971. The third-order valence-corrected chi connectivity index (χ3v) is 6.32. The summed E-state index contributed by atoms with van der Waals surface area (Å²) in [6, 6.07) is 0. The van der Waals surface area contributed by atoms with E-state index in [-0.39, 0.29) is 16.4 Å². The van der Waals surface area contributed by atoms with Gasteiger partial charge >= 0.3 is 0 Å². The summed E-state index contributed by atoms with van der Waals surface area (Å²) in [4.78, 5) is 16.4. The van der Waals surface area contributed by atoms with Crippen molar-refractivity contribution in [2.75, 3.05) is 32.9 Å². The van der Waals surface area contributed by atoms with E-state index >= 15 is 0 Å². The van der Waals surface area contributed by atoms with Gasteiger partial charge in [0.1, 0.15) is 0 Å². The average molecular weight is 361 g/mol. The van der Waals surface area contributed by atoms with Crippen LogP contribution >= 0.6 is 0 Å². The molecule has 0 spiro atoms. The standard InChI is InChI=1S/C20H31N3O3/c1-13-15-9-14(15)10-18(16-11-17(16)19(13)23(24)25)22-7-5-21(6-8-22)12-26-20(2,3)4/h10,14-17H,5-9,11-12H2,1-4H3. The van der Waals surface area contributed by atoms with Crippen molar-refractivity contribution in [2.45, 2.75) is 46.1 Å². The monoisotopic (exact) mass is 361 g/mol. The summed E-state index contributed by atoms with van der Waals surface area (Å²) in [5.41, 5.74) is 2.87. The summed E-state index contributed by atoms with van der Waals surface area (Å²) in [5, 5.41) is 11.6. The maximum Gasteiger partial charge on any atom is 0.249 e. The molecule has 0 amide bonds. The fraction of sp³-hybridized carbons (Fsp3) is 0.800. The second-order valence-corrected chi connectivity index (χ2v) is 9.36. The van der Waals surface area contributed by atoms with Crippen LogP contribution in [0.25, 0.3) is 0 Å². The number of allylic oxidation sites excluding steroid dienone is 4. The second-order valence-electron chi connectivity index (χ2n) is 9.36. The molecule has 0 aromatic carbocycles. The van der Waals surface area contributed by atoms with E-state index in [0.29, 0.717) is 30.2 Å². The van der Waals surface area contributed by atoms with E-state index in [4.69, 9.17) is 4.74 Å². The molecule has 0 radical (unpaired) electrons. The zero-order chi connectivity index (χ0) is 18.6. The zero-order valence-corrected chi connectivity index (χ0v) is 16.4. The molecule has 26 heavy (non-hydrogen) atoms. The van der Waals surface area contributed by atoms with Gasteiger partial charge in [0.05, 0.1) is 23.2 Å². The quantitative estimate of drug-likeness (QED) is 0.569. The Bertz CT molecular complexity index is 656. The number of hydrogen-bond acceptors (Lipinski definition) is 5. The highest BCUT2D eigenvalue weighted by molar-refractivity contribution is 5.34. The largest absolute Gasteiger partial charge is 0.372 e. The van der Waals surface area contributed by atoms with Crippen molar-refractivity contribution in [2.24, 2.45) is 23.7 Å². The summed E-state index contributed by atoms with van der Waals surface area (Å²) in [6.45, 7) is 12.9. The number of nitrogens with zero attached hydrogens (tertiary/aromatic N) is 3. The van der Waals surface area contributed by atoms with E-state index in [9.17, 15) is 10.1 Å². The van der Waals surface area contributed by atoms with E-state index in [1.165, 1.54) is 5.70 Å². The molecular weight excluding hydrogens is 330 g/mol. The fourth-order valence-corrected chi connectivity index (χ4v) is 4.59. The molecule has 1 heterocycles. The van der Waals surface area contributed by atoms with Crippen LogP contribution < -0.4 is 0 Å². The Hall–Kier alpha value is -1.40. The van der Waals surface area contributed by atoms with Crippen LogP contribution in [0, 0.1) is 33.8 Å². The van der Waals surface area contributed by atoms with E-state index in [0.717, 1.165) is 44.6 Å². The molecule has 0 aromatic rings. The van der Waals surface area contributed by atoms with Crippen LogP contribution in [-0.2, 0) is 4.74 Å². The Kier molecular flexibility index (Phi) is 4.39. The van der Waals surface area contributed by atoms with Crippen LogP contribution in [0.15, 0.2) is 23.0 Å². The molecular formula is C20H31N3O3. The first-order chi connectivity index (χ1) is 12.2. The van der Waals surface area contributed by atoms with Crippen LogP contribution in [0.1, 0.15) is 40.5 Å². The van der Waals surface area contributed by atoms with Crippen LogP contribution in [0.4, 0.5) is 0 Å². The number of hydrogen-bond donors (Lipinski definition) is 0. The van der Waals surface area contributed by atoms with Crippen molar-refractivity contribution in [3.63, 3.8) is 0 Å². The molecule has 3 aliphatic carbocycles. The topological polar surface area (TPSA) is 58.9 Å². The lowest BCUT2D eigenvalue weighted by Crippen LogP contribution is -2.47. The normalized spacial score (nSPS) is 34.5. The molecule has 4 unspecified atom stereocenters. The van der Waals surface area contributed by atoms with Gasteiger partial charge in [0.25, 0.3) is 0 Å². The molecule has 6 heteroatoms. The predicted molar refractivity (Wildman–Crippen MR) is 99.8 cm³/mol. The summed E-state index contributed by atoms with van der Waals surface area (Å²) in [7, 11) is 0. The van der Waals surface area contributed by atoms with E-state index in [1.807, 2.05) is 6.92 Å². The maximum atomic E-state index is 11.6. The second kappa shape index (κ2) is 6.34. The van der Waals surface area contributed by atoms with Gasteiger partial charge in [-0.1, -0.05) is 6.08 Å².